The molecule has 0 saturated carbocycles. The molecule has 0 aromatic heterocycles. The van der Waals surface area contributed by atoms with Crippen molar-refractivity contribution in [2.75, 3.05) is 17.3 Å². The standard InChI is InChI=1S/C15H16N2OS/c1-10-7-8-11(9-12(10)16)15(18)17-13-5-3-4-6-14(13)19-2/h3-9H,16H2,1-2H3,(H,17,18). The van der Waals surface area contributed by atoms with E-state index in [1.165, 1.54) is 0 Å². The van der Waals surface area contributed by atoms with Crippen LogP contribution in [0.2, 0.25) is 0 Å². The molecule has 3 nitrogen and oxygen atoms in total. The van der Waals surface area contributed by atoms with E-state index in [4.69, 9.17) is 5.73 Å². The molecule has 0 bridgehead atoms. The number of thioether (sulfide) groups is 1. The van der Waals surface area contributed by atoms with Crippen molar-refractivity contribution in [2.24, 2.45) is 0 Å². The van der Waals surface area contributed by atoms with Crippen LogP contribution >= 0.6 is 11.8 Å². The molecule has 3 N–H and O–H groups in total. The summed E-state index contributed by atoms with van der Waals surface area (Å²) < 4.78 is 0. The highest BCUT2D eigenvalue weighted by atomic mass is 32.2. The number of nitrogen functional groups attached to an aromatic ring is 1. The van der Waals surface area contributed by atoms with E-state index >= 15 is 0 Å². The van der Waals surface area contributed by atoms with E-state index in [1.54, 1.807) is 23.9 Å². The molecule has 2 rings (SSSR count). The molecule has 2 aromatic rings. The summed E-state index contributed by atoms with van der Waals surface area (Å²) in [5.41, 5.74) is 8.81. The van der Waals surface area contributed by atoms with Gasteiger partial charge in [-0.3, -0.25) is 4.79 Å². The molecule has 0 radical (unpaired) electrons. The van der Waals surface area contributed by atoms with Crippen molar-refractivity contribution >= 4 is 29.0 Å². The summed E-state index contributed by atoms with van der Waals surface area (Å²) in [6, 6.07) is 13.1. The zero-order valence-electron chi connectivity index (χ0n) is 10.9. The normalized spacial score (nSPS) is 10.2. The molecule has 0 saturated heterocycles. The Hall–Kier alpha value is -1.94. The Bertz CT molecular complexity index is 611. The van der Waals surface area contributed by atoms with E-state index in [-0.39, 0.29) is 5.91 Å². The monoisotopic (exact) mass is 272 g/mol. The highest BCUT2D eigenvalue weighted by molar-refractivity contribution is 7.98. The van der Waals surface area contributed by atoms with Gasteiger partial charge >= 0.3 is 0 Å². The number of hydrogen-bond donors (Lipinski definition) is 2. The molecule has 4 heteroatoms. The summed E-state index contributed by atoms with van der Waals surface area (Å²) in [6.07, 6.45) is 1.98. The first-order valence-corrected chi connectivity index (χ1v) is 7.15. The van der Waals surface area contributed by atoms with E-state index in [0.717, 1.165) is 16.1 Å². The molecule has 98 valence electrons. The Labute approximate surface area is 117 Å². The highest BCUT2D eigenvalue weighted by Crippen LogP contribution is 2.25. The average Bonchev–Trinajstić information content (AvgIpc) is 2.42. The molecule has 0 atom stereocenters. The SMILES string of the molecule is CSc1ccccc1NC(=O)c1ccc(C)c(N)c1. The van der Waals surface area contributed by atoms with Crippen LogP contribution < -0.4 is 11.1 Å². The quantitative estimate of drug-likeness (QED) is 0.663. The highest BCUT2D eigenvalue weighted by Gasteiger charge is 2.09. The van der Waals surface area contributed by atoms with Crippen molar-refractivity contribution in [1.82, 2.24) is 0 Å². The lowest BCUT2D eigenvalue weighted by atomic mass is 10.1. The van der Waals surface area contributed by atoms with E-state index in [1.807, 2.05) is 43.5 Å². The van der Waals surface area contributed by atoms with Gasteiger partial charge in [0.25, 0.3) is 5.91 Å². The van der Waals surface area contributed by atoms with Crippen LogP contribution in [0, 0.1) is 6.92 Å². The molecular formula is C15H16N2OS. The number of para-hydroxylation sites is 1. The number of nitrogens with two attached hydrogens (primary N) is 1. The van der Waals surface area contributed by atoms with Crippen molar-refractivity contribution in [1.29, 1.82) is 0 Å². The lowest BCUT2D eigenvalue weighted by Gasteiger charge is -2.10. The van der Waals surface area contributed by atoms with Crippen molar-refractivity contribution in [3.63, 3.8) is 0 Å². The third kappa shape index (κ3) is 3.09. The fourth-order valence-electron chi connectivity index (χ4n) is 1.72. The van der Waals surface area contributed by atoms with Gasteiger partial charge in [-0.1, -0.05) is 18.2 Å². The first-order chi connectivity index (χ1) is 9.11. The number of aryl methyl sites for hydroxylation is 1. The third-order valence-corrected chi connectivity index (χ3v) is 3.69. The van der Waals surface area contributed by atoms with Crippen LogP contribution in [-0.4, -0.2) is 12.2 Å². The van der Waals surface area contributed by atoms with E-state index in [0.29, 0.717) is 11.3 Å². The van der Waals surface area contributed by atoms with Crippen molar-refractivity contribution in [3.05, 3.63) is 53.6 Å². The van der Waals surface area contributed by atoms with E-state index in [9.17, 15) is 4.79 Å². The number of rotatable bonds is 3. The smallest absolute Gasteiger partial charge is 0.255 e. The summed E-state index contributed by atoms with van der Waals surface area (Å²) in [7, 11) is 0. The first-order valence-electron chi connectivity index (χ1n) is 5.92. The molecule has 19 heavy (non-hydrogen) atoms. The van der Waals surface area contributed by atoms with Gasteiger partial charge in [0.1, 0.15) is 0 Å². The molecule has 0 aliphatic carbocycles. The lowest BCUT2D eigenvalue weighted by Crippen LogP contribution is -2.13. The van der Waals surface area contributed by atoms with Crippen LogP contribution in [0.5, 0.6) is 0 Å². The summed E-state index contributed by atoms with van der Waals surface area (Å²) in [5, 5.41) is 2.91. The minimum Gasteiger partial charge on any atom is -0.398 e. The van der Waals surface area contributed by atoms with Gasteiger partial charge in [0.05, 0.1) is 5.69 Å². The Balaban J connectivity index is 2.23. The summed E-state index contributed by atoms with van der Waals surface area (Å²) >= 11 is 1.60. The number of benzene rings is 2. The first kappa shape index (κ1) is 13.5. The molecule has 0 spiro atoms. The van der Waals surface area contributed by atoms with E-state index in [2.05, 4.69) is 5.32 Å². The minimum atomic E-state index is -0.145. The third-order valence-electron chi connectivity index (χ3n) is 2.90. The molecular weight excluding hydrogens is 256 g/mol. The van der Waals surface area contributed by atoms with Gasteiger partial charge in [0.2, 0.25) is 0 Å². The van der Waals surface area contributed by atoms with Crippen LogP contribution in [-0.2, 0) is 0 Å². The molecule has 0 unspecified atom stereocenters. The number of carbonyl (C=O) groups is 1. The Morgan fingerprint density at radius 1 is 1.21 bits per heavy atom. The average molecular weight is 272 g/mol. The van der Waals surface area contributed by atoms with Gasteiger partial charge in [-0.2, -0.15) is 0 Å². The fourth-order valence-corrected chi connectivity index (χ4v) is 2.28. The Kier molecular flexibility index (Phi) is 4.12. The van der Waals surface area contributed by atoms with Gasteiger partial charge < -0.3 is 11.1 Å². The number of hydrogen-bond acceptors (Lipinski definition) is 3. The molecule has 0 aliphatic heterocycles. The molecule has 0 aliphatic rings. The Morgan fingerprint density at radius 2 is 1.95 bits per heavy atom. The fraction of sp³-hybridized carbons (Fsp3) is 0.133. The second kappa shape index (κ2) is 5.80. The maximum Gasteiger partial charge on any atom is 0.255 e. The Morgan fingerprint density at radius 3 is 2.63 bits per heavy atom. The van der Waals surface area contributed by atoms with Gasteiger partial charge in [0.15, 0.2) is 0 Å². The van der Waals surface area contributed by atoms with Gasteiger partial charge in [-0.15, -0.1) is 11.8 Å². The van der Waals surface area contributed by atoms with Crippen molar-refractivity contribution < 1.29 is 4.79 Å². The zero-order chi connectivity index (χ0) is 13.8. The minimum absolute atomic E-state index is 0.145. The number of carbonyl (C=O) groups excluding carboxylic acids is 1. The topological polar surface area (TPSA) is 55.1 Å². The molecule has 1 amide bonds. The largest absolute Gasteiger partial charge is 0.398 e. The van der Waals surface area contributed by atoms with Crippen molar-refractivity contribution in [2.45, 2.75) is 11.8 Å². The van der Waals surface area contributed by atoms with Gasteiger partial charge in [-0.25, -0.2) is 0 Å². The maximum absolute atomic E-state index is 12.2. The summed E-state index contributed by atoms with van der Waals surface area (Å²) in [5.74, 6) is -0.145. The summed E-state index contributed by atoms with van der Waals surface area (Å²) in [4.78, 5) is 13.2. The molecule has 0 heterocycles. The second-order valence-corrected chi connectivity index (χ2v) is 5.07. The van der Waals surface area contributed by atoms with Crippen LogP contribution in [0.25, 0.3) is 0 Å². The predicted molar refractivity (Wildman–Crippen MR) is 81.8 cm³/mol. The summed E-state index contributed by atoms with van der Waals surface area (Å²) in [6.45, 7) is 1.92. The van der Waals surface area contributed by atoms with Crippen LogP contribution in [0.1, 0.15) is 15.9 Å². The number of amides is 1. The van der Waals surface area contributed by atoms with Gasteiger partial charge in [0, 0.05) is 16.1 Å². The van der Waals surface area contributed by atoms with Crippen LogP contribution in [0.4, 0.5) is 11.4 Å². The van der Waals surface area contributed by atoms with Gasteiger partial charge in [-0.05, 0) is 43.0 Å². The maximum atomic E-state index is 12.2. The number of nitrogens with one attached hydrogen (secondary N) is 1. The number of anilines is 2. The zero-order valence-corrected chi connectivity index (χ0v) is 11.8. The molecule has 2 aromatic carbocycles. The van der Waals surface area contributed by atoms with Crippen LogP contribution in [0.15, 0.2) is 47.4 Å². The van der Waals surface area contributed by atoms with E-state index < -0.39 is 0 Å². The lowest BCUT2D eigenvalue weighted by molar-refractivity contribution is 0.102. The molecule has 0 fully saturated rings. The second-order valence-electron chi connectivity index (χ2n) is 4.23. The predicted octanol–water partition coefficient (Wildman–Crippen LogP) is 3.55. The van der Waals surface area contributed by atoms with Crippen LogP contribution in [0.3, 0.4) is 0 Å². The van der Waals surface area contributed by atoms with Crippen molar-refractivity contribution in [3.8, 4) is 0 Å².